The van der Waals surface area contributed by atoms with E-state index in [1.165, 1.54) is 6.07 Å². The molecular formula is C13H15BrFNO3. The van der Waals surface area contributed by atoms with Crippen LogP contribution in [0, 0.1) is 5.82 Å². The molecule has 2 rings (SSSR count). The minimum absolute atomic E-state index is 0.135. The normalized spacial score (nSPS) is 16.3. The van der Waals surface area contributed by atoms with Gasteiger partial charge in [-0.15, -0.1) is 0 Å². The van der Waals surface area contributed by atoms with Crippen LogP contribution in [0.1, 0.15) is 18.4 Å². The molecule has 1 aromatic carbocycles. The molecule has 0 atom stereocenters. The molecule has 104 valence electrons. The molecular weight excluding hydrogens is 317 g/mol. The minimum atomic E-state index is -0.485. The molecule has 0 unspecified atom stereocenters. The third kappa shape index (κ3) is 4.56. The summed E-state index contributed by atoms with van der Waals surface area (Å²) in [5, 5.41) is 2.65. The Kier molecular flexibility index (Phi) is 5.30. The average molecular weight is 332 g/mol. The first kappa shape index (κ1) is 14.4. The summed E-state index contributed by atoms with van der Waals surface area (Å²) in [4.78, 5) is 11.7. The van der Waals surface area contributed by atoms with Crippen molar-refractivity contribution in [1.82, 2.24) is 5.32 Å². The molecule has 0 radical (unpaired) electrons. The Morgan fingerprint density at radius 1 is 1.42 bits per heavy atom. The number of ether oxygens (including phenoxy) is 2. The number of carbonyl (C=O) groups excluding carboxylic acids is 1. The van der Waals surface area contributed by atoms with Gasteiger partial charge in [0.15, 0.2) is 6.29 Å². The van der Waals surface area contributed by atoms with Crippen LogP contribution in [0.2, 0.25) is 0 Å². The van der Waals surface area contributed by atoms with Gasteiger partial charge >= 0.3 is 0 Å². The van der Waals surface area contributed by atoms with E-state index in [-0.39, 0.29) is 24.7 Å². The van der Waals surface area contributed by atoms with Crippen LogP contribution in [0.5, 0.6) is 0 Å². The van der Waals surface area contributed by atoms with Crippen molar-refractivity contribution in [2.24, 2.45) is 0 Å². The maximum absolute atomic E-state index is 13.5. The molecule has 19 heavy (non-hydrogen) atoms. The van der Waals surface area contributed by atoms with Crippen LogP contribution in [0.3, 0.4) is 0 Å². The smallest absolute Gasteiger partial charge is 0.225 e. The Morgan fingerprint density at radius 2 is 2.16 bits per heavy atom. The number of halogens is 2. The van der Waals surface area contributed by atoms with E-state index in [4.69, 9.17) is 9.47 Å². The molecule has 0 aliphatic carbocycles. The number of nitrogens with one attached hydrogen (secondary N) is 1. The summed E-state index contributed by atoms with van der Waals surface area (Å²) in [5.74, 6) is -0.556. The number of amides is 1. The van der Waals surface area contributed by atoms with Gasteiger partial charge < -0.3 is 14.8 Å². The van der Waals surface area contributed by atoms with Crippen molar-refractivity contribution in [3.05, 3.63) is 34.1 Å². The summed E-state index contributed by atoms with van der Waals surface area (Å²) < 4.78 is 24.8. The van der Waals surface area contributed by atoms with Gasteiger partial charge in [-0.1, -0.05) is 15.9 Å². The highest BCUT2D eigenvalue weighted by Gasteiger charge is 2.18. The molecule has 1 N–H and O–H groups in total. The summed E-state index contributed by atoms with van der Waals surface area (Å²) in [7, 11) is 0. The van der Waals surface area contributed by atoms with E-state index in [0.29, 0.717) is 18.8 Å². The minimum Gasteiger partial charge on any atom is -0.352 e. The number of benzene rings is 1. The van der Waals surface area contributed by atoms with Crippen LogP contribution in [-0.2, 0) is 20.8 Å². The molecule has 0 aromatic heterocycles. The van der Waals surface area contributed by atoms with Gasteiger partial charge in [-0.2, -0.15) is 0 Å². The van der Waals surface area contributed by atoms with Crippen molar-refractivity contribution in [1.29, 1.82) is 0 Å². The largest absolute Gasteiger partial charge is 0.352 e. The fraction of sp³-hybridized carbons (Fsp3) is 0.462. The van der Waals surface area contributed by atoms with Crippen molar-refractivity contribution in [3.63, 3.8) is 0 Å². The molecule has 0 bridgehead atoms. The van der Waals surface area contributed by atoms with Gasteiger partial charge in [0.1, 0.15) is 5.82 Å². The second-order valence-electron chi connectivity index (χ2n) is 4.24. The van der Waals surface area contributed by atoms with Crippen molar-refractivity contribution in [3.8, 4) is 0 Å². The topological polar surface area (TPSA) is 47.6 Å². The molecule has 1 amide bonds. The van der Waals surface area contributed by atoms with E-state index < -0.39 is 6.29 Å². The Balaban J connectivity index is 1.81. The van der Waals surface area contributed by atoms with Crippen LogP contribution < -0.4 is 5.32 Å². The third-order valence-electron chi connectivity index (χ3n) is 2.73. The highest BCUT2D eigenvalue weighted by Crippen LogP contribution is 2.15. The Labute approximate surface area is 119 Å². The first-order chi connectivity index (χ1) is 9.15. The molecule has 1 fully saturated rings. The van der Waals surface area contributed by atoms with Crippen LogP contribution in [0.15, 0.2) is 22.7 Å². The van der Waals surface area contributed by atoms with Gasteiger partial charge in [0, 0.05) is 16.6 Å². The predicted molar refractivity (Wildman–Crippen MR) is 70.9 cm³/mol. The summed E-state index contributed by atoms with van der Waals surface area (Å²) in [6.07, 6.45) is 0.498. The van der Waals surface area contributed by atoms with E-state index in [2.05, 4.69) is 21.2 Å². The Hall–Kier alpha value is -0.980. The first-order valence-corrected chi connectivity index (χ1v) is 6.88. The highest BCUT2D eigenvalue weighted by atomic mass is 79.9. The molecule has 1 aromatic rings. The molecule has 0 saturated carbocycles. The van der Waals surface area contributed by atoms with Gasteiger partial charge in [-0.25, -0.2) is 4.39 Å². The van der Waals surface area contributed by atoms with E-state index in [1.807, 2.05) is 0 Å². The molecule has 1 aliphatic heterocycles. The van der Waals surface area contributed by atoms with Crippen LogP contribution in [0.25, 0.3) is 0 Å². The van der Waals surface area contributed by atoms with Crippen molar-refractivity contribution >= 4 is 21.8 Å². The molecule has 1 saturated heterocycles. The quantitative estimate of drug-likeness (QED) is 0.921. The number of carbonyl (C=O) groups is 1. The van der Waals surface area contributed by atoms with Crippen molar-refractivity contribution < 1.29 is 18.7 Å². The monoisotopic (exact) mass is 331 g/mol. The highest BCUT2D eigenvalue weighted by molar-refractivity contribution is 9.10. The average Bonchev–Trinajstić information content (AvgIpc) is 2.41. The van der Waals surface area contributed by atoms with E-state index in [9.17, 15) is 9.18 Å². The van der Waals surface area contributed by atoms with Crippen LogP contribution in [-0.4, -0.2) is 25.4 Å². The standard InChI is InChI=1S/C13H15BrFNO3/c14-10-2-3-11(15)9(6-10)8-16-12(17)7-13-18-4-1-5-19-13/h2-3,6,13H,1,4-5,7-8H2,(H,16,17). The van der Waals surface area contributed by atoms with E-state index in [1.54, 1.807) is 12.1 Å². The van der Waals surface area contributed by atoms with Crippen molar-refractivity contribution in [2.45, 2.75) is 25.7 Å². The third-order valence-corrected chi connectivity index (χ3v) is 3.23. The second kappa shape index (κ2) is 6.98. The van der Waals surface area contributed by atoms with Crippen LogP contribution in [0.4, 0.5) is 4.39 Å². The summed E-state index contributed by atoms with van der Waals surface area (Å²) in [6, 6.07) is 4.62. The number of rotatable bonds is 4. The van der Waals surface area contributed by atoms with Gasteiger partial charge in [-0.05, 0) is 24.6 Å². The summed E-state index contributed by atoms with van der Waals surface area (Å²) in [5.41, 5.74) is 0.438. The van der Waals surface area contributed by atoms with Gasteiger partial charge in [0.2, 0.25) is 5.91 Å². The molecule has 6 heteroatoms. The lowest BCUT2D eigenvalue weighted by molar-refractivity contribution is -0.183. The first-order valence-electron chi connectivity index (χ1n) is 6.09. The fourth-order valence-electron chi connectivity index (χ4n) is 1.75. The lowest BCUT2D eigenvalue weighted by atomic mass is 10.2. The summed E-state index contributed by atoms with van der Waals surface area (Å²) in [6.45, 7) is 1.37. The van der Waals surface area contributed by atoms with Gasteiger partial charge in [-0.3, -0.25) is 4.79 Å². The van der Waals surface area contributed by atoms with E-state index in [0.717, 1.165) is 10.9 Å². The Morgan fingerprint density at radius 3 is 2.89 bits per heavy atom. The lowest BCUT2D eigenvalue weighted by Crippen LogP contribution is -2.32. The fourth-order valence-corrected chi connectivity index (χ4v) is 2.16. The zero-order chi connectivity index (χ0) is 13.7. The van der Waals surface area contributed by atoms with Gasteiger partial charge in [0.25, 0.3) is 0 Å². The lowest BCUT2D eigenvalue weighted by Gasteiger charge is -2.22. The predicted octanol–water partition coefficient (Wildman–Crippen LogP) is 2.36. The molecule has 4 nitrogen and oxygen atoms in total. The Bertz CT molecular complexity index is 450. The zero-order valence-corrected chi connectivity index (χ0v) is 11.9. The van der Waals surface area contributed by atoms with Gasteiger partial charge in [0.05, 0.1) is 19.6 Å². The molecule has 0 spiro atoms. The molecule has 1 aliphatic rings. The molecule has 1 heterocycles. The number of hydrogen-bond donors (Lipinski definition) is 1. The maximum Gasteiger partial charge on any atom is 0.225 e. The zero-order valence-electron chi connectivity index (χ0n) is 10.3. The second-order valence-corrected chi connectivity index (χ2v) is 5.16. The number of hydrogen-bond acceptors (Lipinski definition) is 3. The van der Waals surface area contributed by atoms with E-state index >= 15 is 0 Å². The van der Waals surface area contributed by atoms with Crippen LogP contribution >= 0.6 is 15.9 Å². The van der Waals surface area contributed by atoms with Crippen molar-refractivity contribution in [2.75, 3.05) is 13.2 Å². The SMILES string of the molecule is O=C(CC1OCCCO1)NCc1cc(Br)ccc1F. The maximum atomic E-state index is 13.5. The summed E-state index contributed by atoms with van der Waals surface area (Å²) >= 11 is 3.26.